The van der Waals surface area contributed by atoms with Crippen molar-refractivity contribution in [3.05, 3.63) is 29.8 Å². The smallest absolute Gasteiger partial charge is 0.0328 e. The van der Waals surface area contributed by atoms with Crippen molar-refractivity contribution in [2.24, 2.45) is 0 Å². The summed E-state index contributed by atoms with van der Waals surface area (Å²) < 4.78 is 0. The maximum absolute atomic E-state index is 3.64. The van der Waals surface area contributed by atoms with Crippen LogP contribution in [0.3, 0.4) is 0 Å². The molecule has 0 amide bonds. The molecule has 0 aliphatic rings. The van der Waals surface area contributed by atoms with E-state index >= 15 is 0 Å². The monoisotopic (exact) mass is 251 g/mol. The Morgan fingerprint density at radius 1 is 1.18 bits per heavy atom. The van der Waals surface area contributed by atoms with E-state index in [1.54, 1.807) is 0 Å². The van der Waals surface area contributed by atoms with Gasteiger partial charge in [0.15, 0.2) is 0 Å². The summed E-state index contributed by atoms with van der Waals surface area (Å²) in [5.41, 5.74) is 1.46. The molecule has 0 aromatic heterocycles. The van der Waals surface area contributed by atoms with Crippen LogP contribution in [0.2, 0.25) is 0 Å². The Labute approximate surface area is 110 Å². The van der Waals surface area contributed by atoms with E-state index in [9.17, 15) is 0 Å². The van der Waals surface area contributed by atoms with E-state index in [1.807, 2.05) is 11.8 Å². The number of rotatable bonds is 7. The minimum absolute atomic E-state index is 0.498. The van der Waals surface area contributed by atoms with Crippen LogP contribution in [-0.2, 0) is 0 Å². The predicted molar refractivity (Wildman–Crippen MR) is 78.8 cm³/mol. The van der Waals surface area contributed by atoms with Crippen LogP contribution in [0.25, 0.3) is 0 Å². The van der Waals surface area contributed by atoms with Crippen LogP contribution in [0.1, 0.15) is 52.1 Å². The molecule has 0 bridgehead atoms. The maximum Gasteiger partial charge on any atom is 0.0328 e. The van der Waals surface area contributed by atoms with Gasteiger partial charge in [0.05, 0.1) is 0 Å². The Hall–Kier alpha value is -0.470. The molecule has 1 aromatic rings. The molecule has 1 nitrogen and oxygen atoms in total. The highest BCUT2D eigenvalue weighted by Gasteiger charge is 2.13. The van der Waals surface area contributed by atoms with Gasteiger partial charge in [-0.15, -0.1) is 11.8 Å². The van der Waals surface area contributed by atoms with Crippen molar-refractivity contribution in [2.75, 3.05) is 6.54 Å². The Balaban J connectivity index is 2.85. The Morgan fingerprint density at radius 3 is 2.47 bits per heavy atom. The lowest BCUT2D eigenvalue weighted by Gasteiger charge is -2.21. The zero-order valence-electron chi connectivity index (χ0n) is 11.5. The van der Waals surface area contributed by atoms with Crippen LogP contribution < -0.4 is 5.32 Å². The van der Waals surface area contributed by atoms with Gasteiger partial charge in [0.1, 0.15) is 0 Å². The molecule has 0 saturated heterocycles. The molecule has 96 valence electrons. The van der Waals surface area contributed by atoms with Gasteiger partial charge in [-0.2, -0.15) is 0 Å². The van der Waals surface area contributed by atoms with E-state index in [0.717, 1.165) is 13.0 Å². The number of benzene rings is 1. The zero-order valence-corrected chi connectivity index (χ0v) is 12.3. The van der Waals surface area contributed by atoms with Gasteiger partial charge in [-0.25, -0.2) is 0 Å². The van der Waals surface area contributed by atoms with Crippen molar-refractivity contribution in [2.45, 2.75) is 56.7 Å². The molecule has 1 rings (SSSR count). The topological polar surface area (TPSA) is 12.0 Å². The second-order valence-corrected chi connectivity index (χ2v) is 6.24. The predicted octanol–water partition coefficient (Wildman–Crippen LogP) is 4.64. The van der Waals surface area contributed by atoms with Crippen LogP contribution in [-0.4, -0.2) is 11.8 Å². The van der Waals surface area contributed by atoms with Crippen LogP contribution in [0.15, 0.2) is 29.2 Å². The molecule has 2 heteroatoms. The molecule has 1 N–H and O–H groups in total. The van der Waals surface area contributed by atoms with Gasteiger partial charge in [0.2, 0.25) is 0 Å². The third-order valence-corrected chi connectivity index (χ3v) is 3.80. The molecule has 1 unspecified atom stereocenters. The first-order chi connectivity index (χ1) is 8.19. The molecule has 0 spiro atoms. The molecular formula is C15H25NS. The first-order valence-electron chi connectivity index (χ1n) is 6.68. The van der Waals surface area contributed by atoms with Crippen LogP contribution >= 0.6 is 11.8 Å². The van der Waals surface area contributed by atoms with Crippen molar-refractivity contribution < 1.29 is 0 Å². The van der Waals surface area contributed by atoms with Gasteiger partial charge in [0, 0.05) is 16.2 Å². The molecular weight excluding hydrogens is 226 g/mol. The Kier molecular flexibility index (Phi) is 6.68. The maximum atomic E-state index is 3.64. The standard InChI is InChI=1S/C15H25NS/c1-5-11-16-14(6-2)13-9-7-8-10-15(13)17-12(3)4/h7-10,12,14,16H,5-6,11H2,1-4H3. The van der Waals surface area contributed by atoms with Gasteiger partial charge >= 0.3 is 0 Å². The Morgan fingerprint density at radius 2 is 1.88 bits per heavy atom. The van der Waals surface area contributed by atoms with E-state index in [-0.39, 0.29) is 0 Å². The van der Waals surface area contributed by atoms with Crippen molar-refractivity contribution in [3.8, 4) is 0 Å². The number of thioether (sulfide) groups is 1. The van der Waals surface area contributed by atoms with E-state index in [1.165, 1.54) is 16.9 Å². The highest BCUT2D eigenvalue weighted by molar-refractivity contribution is 8.00. The third kappa shape index (κ3) is 4.72. The fourth-order valence-electron chi connectivity index (χ4n) is 1.92. The molecule has 0 saturated carbocycles. The van der Waals surface area contributed by atoms with Crippen molar-refractivity contribution in [3.63, 3.8) is 0 Å². The summed E-state index contributed by atoms with van der Waals surface area (Å²) in [6.45, 7) is 10.1. The molecule has 1 atom stereocenters. The molecule has 0 aliphatic carbocycles. The van der Waals surface area contributed by atoms with Gasteiger partial charge in [0.25, 0.3) is 0 Å². The number of hydrogen-bond acceptors (Lipinski definition) is 2. The average Bonchev–Trinajstić information content (AvgIpc) is 2.31. The van der Waals surface area contributed by atoms with E-state index in [4.69, 9.17) is 0 Å². The summed E-state index contributed by atoms with van der Waals surface area (Å²) in [6.07, 6.45) is 2.34. The number of hydrogen-bond donors (Lipinski definition) is 1. The summed E-state index contributed by atoms with van der Waals surface area (Å²) >= 11 is 1.96. The second-order valence-electron chi connectivity index (χ2n) is 4.62. The zero-order chi connectivity index (χ0) is 12.7. The molecule has 0 fully saturated rings. The van der Waals surface area contributed by atoms with Crippen LogP contribution in [0, 0.1) is 0 Å². The summed E-state index contributed by atoms with van der Waals surface area (Å²) in [5.74, 6) is 0. The summed E-state index contributed by atoms with van der Waals surface area (Å²) in [5, 5.41) is 4.27. The summed E-state index contributed by atoms with van der Waals surface area (Å²) in [6, 6.07) is 9.30. The lowest BCUT2D eigenvalue weighted by Crippen LogP contribution is -2.22. The minimum atomic E-state index is 0.498. The van der Waals surface area contributed by atoms with Crippen molar-refractivity contribution in [1.29, 1.82) is 0 Å². The summed E-state index contributed by atoms with van der Waals surface area (Å²) in [4.78, 5) is 1.43. The normalized spacial score (nSPS) is 13.0. The highest BCUT2D eigenvalue weighted by Crippen LogP contribution is 2.31. The first-order valence-corrected chi connectivity index (χ1v) is 7.55. The SMILES string of the molecule is CCCNC(CC)c1ccccc1SC(C)C. The molecule has 0 aliphatic heterocycles. The van der Waals surface area contributed by atoms with Crippen LogP contribution in [0.4, 0.5) is 0 Å². The minimum Gasteiger partial charge on any atom is -0.310 e. The average molecular weight is 251 g/mol. The van der Waals surface area contributed by atoms with E-state index in [2.05, 4.69) is 57.3 Å². The van der Waals surface area contributed by atoms with Gasteiger partial charge in [-0.05, 0) is 31.0 Å². The lowest BCUT2D eigenvalue weighted by molar-refractivity contribution is 0.512. The van der Waals surface area contributed by atoms with Gasteiger partial charge in [-0.3, -0.25) is 0 Å². The quantitative estimate of drug-likeness (QED) is 0.709. The molecule has 17 heavy (non-hydrogen) atoms. The fourth-order valence-corrected chi connectivity index (χ4v) is 2.93. The molecule has 0 heterocycles. The Bertz CT molecular complexity index is 322. The summed E-state index contributed by atoms with van der Waals surface area (Å²) in [7, 11) is 0. The third-order valence-electron chi connectivity index (χ3n) is 2.71. The van der Waals surface area contributed by atoms with Gasteiger partial charge < -0.3 is 5.32 Å². The highest BCUT2D eigenvalue weighted by atomic mass is 32.2. The van der Waals surface area contributed by atoms with Crippen molar-refractivity contribution in [1.82, 2.24) is 5.32 Å². The molecule has 1 aromatic carbocycles. The largest absolute Gasteiger partial charge is 0.310 e. The van der Waals surface area contributed by atoms with Gasteiger partial charge in [-0.1, -0.05) is 45.9 Å². The second kappa shape index (κ2) is 7.78. The first kappa shape index (κ1) is 14.6. The fraction of sp³-hybridized carbons (Fsp3) is 0.600. The molecule has 0 radical (unpaired) electrons. The van der Waals surface area contributed by atoms with Crippen LogP contribution in [0.5, 0.6) is 0 Å². The number of nitrogens with one attached hydrogen (secondary N) is 1. The van der Waals surface area contributed by atoms with E-state index in [0.29, 0.717) is 11.3 Å². The van der Waals surface area contributed by atoms with E-state index < -0.39 is 0 Å². The van der Waals surface area contributed by atoms with Crippen molar-refractivity contribution >= 4 is 11.8 Å². The lowest BCUT2D eigenvalue weighted by atomic mass is 10.0.